The van der Waals surface area contributed by atoms with E-state index < -0.39 is 0 Å². The normalized spacial score (nSPS) is 13.1. The first kappa shape index (κ1) is 10.4. The number of aryl methyl sites for hydroxylation is 1. The lowest BCUT2D eigenvalue weighted by Crippen LogP contribution is -2.09. The lowest BCUT2D eigenvalue weighted by Gasteiger charge is -2.05. The second-order valence-electron chi connectivity index (χ2n) is 3.82. The molecule has 17 heavy (non-hydrogen) atoms. The number of fused-ring (bicyclic) bond motifs is 2. The van der Waals surface area contributed by atoms with Gasteiger partial charge < -0.3 is 10.1 Å². The summed E-state index contributed by atoms with van der Waals surface area (Å²) in [5.74, 6) is 0.602. The van der Waals surface area contributed by atoms with E-state index in [1.54, 1.807) is 0 Å². The summed E-state index contributed by atoms with van der Waals surface area (Å²) in [6.45, 7) is 2.07. The Bertz CT molecular complexity index is 589. The number of thiophene rings is 1. The molecule has 1 amide bonds. The van der Waals surface area contributed by atoms with Crippen molar-refractivity contribution in [1.82, 2.24) is 0 Å². The van der Waals surface area contributed by atoms with Crippen molar-refractivity contribution < 1.29 is 9.53 Å². The van der Waals surface area contributed by atoms with Crippen molar-refractivity contribution in [3.8, 4) is 10.8 Å². The summed E-state index contributed by atoms with van der Waals surface area (Å²) >= 11 is 1.53. The molecule has 2 heterocycles. The van der Waals surface area contributed by atoms with Crippen LogP contribution in [0.15, 0.2) is 30.3 Å². The molecule has 0 unspecified atom stereocenters. The number of hydrogen-bond acceptors (Lipinski definition) is 3. The molecule has 0 saturated carbocycles. The van der Waals surface area contributed by atoms with Crippen molar-refractivity contribution >= 4 is 22.9 Å². The van der Waals surface area contributed by atoms with Crippen molar-refractivity contribution in [2.24, 2.45) is 0 Å². The van der Waals surface area contributed by atoms with Gasteiger partial charge in [-0.05, 0) is 24.6 Å². The number of anilines is 1. The van der Waals surface area contributed by atoms with Gasteiger partial charge in [-0.1, -0.05) is 19.1 Å². The van der Waals surface area contributed by atoms with Gasteiger partial charge in [0.2, 0.25) is 0 Å². The van der Waals surface area contributed by atoms with Crippen molar-refractivity contribution in [3.63, 3.8) is 0 Å². The minimum atomic E-state index is -0.0964. The number of carbonyl (C=O) groups is 1. The summed E-state index contributed by atoms with van der Waals surface area (Å²) in [5, 5.41) is 3.54. The molecule has 0 radical (unpaired) electrons. The highest BCUT2D eigenvalue weighted by molar-refractivity contribution is 7.14. The maximum Gasteiger partial charge on any atom is 0.260 e. The fourth-order valence-corrected chi connectivity index (χ4v) is 2.73. The van der Waals surface area contributed by atoms with Gasteiger partial charge >= 0.3 is 0 Å². The van der Waals surface area contributed by atoms with E-state index in [1.165, 1.54) is 11.3 Å². The molecular weight excluding hydrogens is 234 g/mol. The molecule has 0 bridgehead atoms. The predicted octanol–water partition coefficient (Wildman–Crippen LogP) is 3.67. The van der Waals surface area contributed by atoms with Crippen molar-refractivity contribution in [2.45, 2.75) is 13.3 Å². The molecule has 0 aliphatic carbocycles. The van der Waals surface area contributed by atoms with Crippen molar-refractivity contribution in [3.05, 3.63) is 40.8 Å². The molecule has 1 aromatic carbocycles. The fraction of sp³-hybridized carbons (Fsp3) is 0.154. The summed E-state index contributed by atoms with van der Waals surface area (Å²) in [4.78, 5) is 13.2. The molecular formula is C13H11NO2S. The number of hydrogen-bond donors (Lipinski definition) is 1. The number of amides is 1. The maximum absolute atomic E-state index is 12.0. The molecule has 1 aromatic heterocycles. The van der Waals surface area contributed by atoms with E-state index in [2.05, 4.69) is 12.2 Å². The van der Waals surface area contributed by atoms with E-state index in [4.69, 9.17) is 4.74 Å². The lowest BCUT2D eigenvalue weighted by molar-refractivity contribution is 0.102. The van der Waals surface area contributed by atoms with Crippen LogP contribution in [0.5, 0.6) is 10.8 Å². The molecule has 2 aromatic rings. The zero-order valence-electron chi connectivity index (χ0n) is 9.32. The van der Waals surface area contributed by atoms with Crippen LogP contribution in [-0.4, -0.2) is 5.91 Å². The van der Waals surface area contributed by atoms with Crippen LogP contribution in [0.25, 0.3) is 0 Å². The lowest BCUT2D eigenvalue weighted by atomic mass is 10.2. The first-order valence-corrected chi connectivity index (χ1v) is 6.30. The number of benzene rings is 1. The Labute approximate surface area is 103 Å². The topological polar surface area (TPSA) is 38.3 Å². The standard InChI is InChI=1S/C13H11NO2S/c1-2-8-7-9-12(15)14-10-5-3-4-6-11(10)16-13(9)17-8/h3-7H,2H2,1H3,(H,14,15). The zero-order valence-corrected chi connectivity index (χ0v) is 10.1. The van der Waals surface area contributed by atoms with Gasteiger partial charge in [-0.15, -0.1) is 11.3 Å². The highest BCUT2D eigenvalue weighted by atomic mass is 32.1. The smallest absolute Gasteiger partial charge is 0.260 e. The Balaban J connectivity index is 2.12. The number of carbonyl (C=O) groups excluding carboxylic acids is 1. The second kappa shape index (κ2) is 3.89. The Morgan fingerprint density at radius 2 is 2.18 bits per heavy atom. The Morgan fingerprint density at radius 1 is 1.35 bits per heavy atom. The molecule has 1 N–H and O–H groups in total. The van der Waals surface area contributed by atoms with E-state index in [9.17, 15) is 4.79 Å². The van der Waals surface area contributed by atoms with Crippen molar-refractivity contribution in [1.29, 1.82) is 0 Å². The van der Waals surface area contributed by atoms with E-state index in [0.29, 0.717) is 16.4 Å². The zero-order chi connectivity index (χ0) is 11.8. The SMILES string of the molecule is CCc1cc2c(s1)Oc1ccccc1NC2=O. The highest BCUT2D eigenvalue weighted by Crippen LogP contribution is 2.40. The highest BCUT2D eigenvalue weighted by Gasteiger charge is 2.22. The summed E-state index contributed by atoms with van der Waals surface area (Å²) in [5.41, 5.74) is 1.35. The molecule has 86 valence electrons. The third-order valence-electron chi connectivity index (χ3n) is 2.68. The van der Waals surface area contributed by atoms with Crippen LogP contribution in [-0.2, 0) is 6.42 Å². The average Bonchev–Trinajstić information content (AvgIpc) is 2.69. The van der Waals surface area contributed by atoms with E-state index in [-0.39, 0.29) is 5.91 Å². The Hall–Kier alpha value is -1.81. The van der Waals surface area contributed by atoms with Crippen LogP contribution in [0.4, 0.5) is 5.69 Å². The molecule has 0 atom stereocenters. The summed E-state index contributed by atoms with van der Waals surface area (Å²) in [6, 6.07) is 9.37. The van der Waals surface area contributed by atoms with E-state index in [0.717, 1.165) is 17.0 Å². The van der Waals surface area contributed by atoms with Crippen LogP contribution < -0.4 is 10.1 Å². The van der Waals surface area contributed by atoms with Gasteiger partial charge in [-0.2, -0.15) is 0 Å². The Kier molecular flexibility index (Phi) is 2.37. The van der Waals surface area contributed by atoms with Crippen molar-refractivity contribution in [2.75, 3.05) is 5.32 Å². The largest absolute Gasteiger partial charge is 0.444 e. The summed E-state index contributed by atoms with van der Waals surface area (Å²) in [6.07, 6.45) is 0.913. The maximum atomic E-state index is 12.0. The molecule has 3 rings (SSSR count). The summed E-state index contributed by atoms with van der Waals surface area (Å²) in [7, 11) is 0. The quantitative estimate of drug-likeness (QED) is 0.832. The van der Waals surface area contributed by atoms with Gasteiger partial charge in [0, 0.05) is 4.88 Å². The van der Waals surface area contributed by atoms with E-state index >= 15 is 0 Å². The number of rotatable bonds is 1. The second-order valence-corrected chi connectivity index (χ2v) is 4.92. The Morgan fingerprint density at radius 3 is 3.00 bits per heavy atom. The van der Waals surface area contributed by atoms with Crippen LogP contribution in [0.1, 0.15) is 22.2 Å². The average molecular weight is 245 g/mol. The third kappa shape index (κ3) is 1.70. The minimum Gasteiger partial charge on any atom is -0.444 e. The van der Waals surface area contributed by atoms with E-state index in [1.807, 2.05) is 30.3 Å². The molecule has 4 heteroatoms. The number of para-hydroxylation sites is 2. The van der Waals surface area contributed by atoms with Gasteiger partial charge in [0.05, 0.1) is 11.3 Å². The fourth-order valence-electron chi connectivity index (χ4n) is 1.78. The molecule has 1 aliphatic rings. The summed E-state index contributed by atoms with van der Waals surface area (Å²) < 4.78 is 5.79. The molecule has 1 aliphatic heterocycles. The number of nitrogens with one attached hydrogen (secondary N) is 1. The van der Waals surface area contributed by atoms with Crippen LogP contribution >= 0.6 is 11.3 Å². The molecule has 0 saturated heterocycles. The monoisotopic (exact) mass is 245 g/mol. The molecule has 0 fully saturated rings. The van der Waals surface area contributed by atoms with Gasteiger partial charge in [0.1, 0.15) is 0 Å². The molecule has 0 spiro atoms. The van der Waals surface area contributed by atoms with Crippen LogP contribution in [0, 0.1) is 0 Å². The predicted molar refractivity (Wildman–Crippen MR) is 68.2 cm³/mol. The first-order valence-electron chi connectivity index (χ1n) is 5.49. The van der Waals surface area contributed by atoms with Gasteiger partial charge in [-0.3, -0.25) is 4.79 Å². The first-order chi connectivity index (χ1) is 8.28. The van der Waals surface area contributed by atoms with Crippen LogP contribution in [0.2, 0.25) is 0 Å². The van der Waals surface area contributed by atoms with Crippen LogP contribution in [0.3, 0.4) is 0 Å². The number of ether oxygens (including phenoxy) is 1. The minimum absolute atomic E-state index is 0.0964. The third-order valence-corrected chi connectivity index (χ3v) is 3.84. The molecule has 3 nitrogen and oxygen atoms in total. The van der Waals surface area contributed by atoms with Gasteiger partial charge in [0.15, 0.2) is 10.8 Å². The van der Waals surface area contributed by atoms with Gasteiger partial charge in [-0.25, -0.2) is 0 Å². The van der Waals surface area contributed by atoms with Gasteiger partial charge in [0.25, 0.3) is 5.91 Å².